The summed E-state index contributed by atoms with van der Waals surface area (Å²) in [4.78, 5) is 22.1. The molecule has 15 heavy (non-hydrogen) atoms. The third kappa shape index (κ3) is 3.09. The summed E-state index contributed by atoms with van der Waals surface area (Å²) in [5.41, 5.74) is 0.293. The molecule has 0 aliphatic heterocycles. The number of furan rings is 1. The van der Waals surface area contributed by atoms with Crippen molar-refractivity contribution in [2.45, 2.75) is 19.4 Å². The molecule has 1 aromatic heterocycles. The van der Waals surface area contributed by atoms with Gasteiger partial charge < -0.3 is 14.8 Å². The molecular weight excluding hydrogens is 266 g/mol. The maximum absolute atomic E-state index is 11.5. The van der Waals surface area contributed by atoms with E-state index in [2.05, 4.69) is 21.2 Å². The molecule has 82 valence electrons. The van der Waals surface area contributed by atoms with Crippen LogP contribution in [0, 0.1) is 0 Å². The smallest absolute Gasteiger partial charge is 0.326 e. The number of carboxylic acid groups (broad SMARTS) is 1. The van der Waals surface area contributed by atoms with Gasteiger partial charge in [0.15, 0.2) is 4.67 Å². The van der Waals surface area contributed by atoms with Crippen molar-refractivity contribution >= 4 is 27.8 Å². The van der Waals surface area contributed by atoms with Gasteiger partial charge in [-0.25, -0.2) is 4.79 Å². The Hall–Kier alpha value is -1.30. The molecule has 1 rings (SSSR count). The van der Waals surface area contributed by atoms with Crippen LogP contribution in [0.2, 0.25) is 0 Å². The number of carboxylic acids is 1. The Morgan fingerprint density at radius 1 is 1.67 bits per heavy atom. The van der Waals surface area contributed by atoms with Gasteiger partial charge in [0.05, 0.1) is 5.56 Å². The first-order valence-corrected chi connectivity index (χ1v) is 5.11. The normalized spacial score (nSPS) is 12.1. The molecule has 0 fully saturated rings. The fourth-order valence-electron chi connectivity index (χ4n) is 1.01. The second-order valence-electron chi connectivity index (χ2n) is 2.91. The number of rotatable bonds is 4. The van der Waals surface area contributed by atoms with Crippen LogP contribution in [-0.4, -0.2) is 23.0 Å². The predicted molar refractivity (Wildman–Crippen MR) is 55.6 cm³/mol. The standard InChI is InChI=1S/C9H10BrNO4/c1-2-6(9(13)14)11-8(12)5-3-7(10)15-4-5/h3-4,6H,2H2,1H3,(H,11,12)(H,13,14). The summed E-state index contributed by atoms with van der Waals surface area (Å²) in [6, 6.07) is 0.607. The second-order valence-corrected chi connectivity index (χ2v) is 3.69. The van der Waals surface area contributed by atoms with Crippen LogP contribution < -0.4 is 5.32 Å². The molecule has 1 atom stereocenters. The summed E-state index contributed by atoms with van der Waals surface area (Å²) in [6.07, 6.45) is 1.59. The van der Waals surface area contributed by atoms with Crippen LogP contribution in [0.1, 0.15) is 23.7 Å². The number of nitrogens with one attached hydrogen (secondary N) is 1. The van der Waals surface area contributed by atoms with Gasteiger partial charge in [0.2, 0.25) is 0 Å². The van der Waals surface area contributed by atoms with Gasteiger partial charge in [0.25, 0.3) is 5.91 Å². The summed E-state index contributed by atoms with van der Waals surface area (Å²) >= 11 is 3.05. The first-order chi connectivity index (χ1) is 7.04. The minimum Gasteiger partial charge on any atom is -0.480 e. The lowest BCUT2D eigenvalue weighted by atomic mass is 10.2. The lowest BCUT2D eigenvalue weighted by molar-refractivity contribution is -0.139. The van der Waals surface area contributed by atoms with Gasteiger partial charge in [0.1, 0.15) is 12.3 Å². The lowest BCUT2D eigenvalue weighted by Crippen LogP contribution is -2.40. The molecule has 0 aliphatic carbocycles. The van der Waals surface area contributed by atoms with Crippen LogP contribution in [0.3, 0.4) is 0 Å². The van der Waals surface area contributed by atoms with Crippen molar-refractivity contribution in [2.24, 2.45) is 0 Å². The van der Waals surface area contributed by atoms with Crippen molar-refractivity contribution in [3.8, 4) is 0 Å². The van der Waals surface area contributed by atoms with E-state index in [0.717, 1.165) is 0 Å². The van der Waals surface area contributed by atoms with E-state index in [1.807, 2.05) is 0 Å². The second kappa shape index (κ2) is 4.97. The zero-order chi connectivity index (χ0) is 11.4. The minimum atomic E-state index is -1.05. The topological polar surface area (TPSA) is 79.5 Å². The van der Waals surface area contributed by atoms with Crippen molar-refractivity contribution in [1.29, 1.82) is 0 Å². The van der Waals surface area contributed by atoms with E-state index in [1.54, 1.807) is 6.92 Å². The van der Waals surface area contributed by atoms with E-state index in [1.165, 1.54) is 12.3 Å². The Morgan fingerprint density at radius 2 is 2.33 bits per heavy atom. The Labute approximate surface area is 94.6 Å². The number of halogens is 1. The summed E-state index contributed by atoms with van der Waals surface area (Å²) in [5, 5.41) is 11.1. The molecule has 0 bridgehead atoms. The minimum absolute atomic E-state index is 0.293. The van der Waals surface area contributed by atoms with Crippen LogP contribution in [-0.2, 0) is 4.79 Å². The molecular formula is C9H10BrNO4. The third-order valence-corrected chi connectivity index (χ3v) is 2.26. The molecule has 0 saturated heterocycles. The SMILES string of the molecule is CCC(NC(=O)c1coc(Br)c1)C(=O)O. The van der Waals surface area contributed by atoms with Gasteiger partial charge in [-0.2, -0.15) is 0 Å². The van der Waals surface area contributed by atoms with Crippen molar-refractivity contribution in [2.75, 3.05) is 0 Å². The van der Waals surface area contributed by atoms with Gasteiger partial charge in [-0.05, 0) is 22.4 Å². The van der Waals surface area contributed by atoms with Crippen LogP contribution >= 0.6 is 15.9 Å². The fourth-order valence-corrected chi connectivity index (χ4v) is 1.35. The summed E-state index contributed by atoms with van der Waals surface area (Å²) in [5.74, 6) is -1.51. The Morgan fingerprint density at radius 3 is 2.73 bits per heavy atom. The van der Waals surface area contributed by atoms with Gasteiger partial charge in [-0.1, -0.05) is 6.92 Å². The van der Waals surface area contributed by atoms with Crippen LogP contribution in [0.4, 0.5) is 0 Å². The van der Waals surface area contributed by atoms with Crippen molar-refractivity contribution in [3.05, 3.63) is 22.6 Å². The summed E-state index contributed by atoms with van der Waals surface area (Å²) in [6.45, 7) is 1.68. The van der Waals surface area contributed by atoms with Crippen LogP contribution in [0.15, 0.2) is 21.4 Å². The highest BCUT2D eigenvalue weighted by Crippen LogP contribution is 2.13. The van der Waals surface area contributed by atoms with Gasteiger partial charge >= 0.3 is 5.97 Å². The highest BCUT2D eigenvalue weighted by molar-refractivity contribution is 9.10. The highest BCUT2D eigenvalue weighted by atomic mass is 79.9. The Kier molecular flexibility index (Phi) is 3.90. The van der Waals surface area contributed by atoms with Gasteiger partial charge in [0, 0.05) is 6.07 Å². The van der Waals surface area contributed by atoms with Gasteiger partial charge in [-0.15, -0.1) is 0 Å². The maximum Gasteiger partial charge on any atom is 0.326 e. The number of hydrogen-bond donors (Lipinski definition) is 2. The quantitative estimate of drug-likeness (QED) is 0.876. The Balaban J connectivity index is 2.66. The average molecular weight is 276 g/mol. The molecule has 0 radical (unpaired) electrons. The fraction of sp³-hybridized carbons (Fsp3) is 0.333. The van der Waals surface area contributed by atoms with Crippen LogP contribution in [0.25, 0.3) is 0 Å². The van der Waals surface area contributed by atoms with E-state index in [-0.39, 0.29) is 0 Å². The number of hydrogen-bond acceptors (Lipinski definition) is 3. The molecule has 6 heteroatoms. The molecule has 1 aromatic rings. The number of aliphatic carboxylic acids is 1. The summed E-state index contributed by atoms with van der Waals surface area (Å²) < 4.78 is 5.30. The molecule has 1 unspecified atom stereocenters. The molecule has 0 aliphatic rings. The monoisotopic (exact) mass is 275 g/mol. The third-order valence-electron chi connectivity index (χ3n) is 1.84. The first kappa shape index (κ1) is 11.8. The molecule has 1 heterocycles. The van der Waals surface area contributed by atoms with E-state index in [9.17, 15) is 9.59 Å². The molecule has 0 spiro atoms. The molecule has 0 aromatic carbocycles. The molecule has 2 N–H and O–H groups in total. The zero-order valence-corrected chi connectivity index (χ0v) is 9.58. The number of carbonyl (C=O) groups is 2. The largest absolute Gasteiger partial charge is 0.480 e. The van der Waals surface area contributed by atoms with E-state index in [0.29, 0.717) is 16.7 Å². The first-order valence-electron chi connectivity index (χ1n) is 4.32. The van der Waals surface area contributed by atoms with Gasteiger partial charge in [-0.3, -0.25) is 4.79 Å². The average Bonchev–Trinajstić information content (AvgIpc) is 2.60. The maximum atomic E-state index is 11.5. The van der Waals surface area contributed by atoms with Crippen molar-refractivity contribution in [3.63, 3.8) is 0 Å². The Bertz CT molecular complexity index is 374. The van der Waals surface area contributed by atoms with E-state index >= 15 is 0 Å². The number of carbonyl (C=O) groups excluding carboxylic acids is 1. The zero-order valence-electron chi connectivity index (χ0n) is 7.99. The molecule has 1 amide bonds. The predicted octanol–water partition coefficient (Wildman–Crippen LogP) is 1.64. The lowest BCUT2D eigenvalue weighted by Gasteiger charge is -2.10. The van der Waals surface area contributed by atoms with E-state index in [4.69, 9.17) is 9.52 Å². The number of amides is 1. The van der Waals surface area contributed by atoms with Crippen molar-refractivity contribution in [1.82, 2.24) is 5.32 Å². The van der Waals surface area contributed by atoms with Crippen molar-refractivity contribution < 1.29 is 19.1 Å². The highest BCUT2D eigenvalue weighted by Gasteiger charge is 2.19. The van der Waals surface area contributed by atoms with Crippen LogP contribution in [0.5, 0.6) is 0 Å². The molecule has 0 saturated carbocycles. The van der Waals surface area contributed by atoms with E-state index < -0.39 is 17.9 Å². The summed E-state index contributed by atoms with van der Waals surface area (Å²) in [7, 11) is 0. The molecule has 5 nitrogen and oxygen atoms in total.